The molecule has 0 N–H and O–H groups in total. The van der Waals surface area contributed by atoms with Crippen molar-refractivity contribution in [3.8, 4) is 0 Å². The third-order valence-electron chi connectivity index (χ3n) is 1.19. The van der Waals surface area contributed by atoms with Crippen molar-refractivity contribution >= 4 is 18.3 Å². The summed E-state index contributed by atoms with van der Waals surface area (Å²) in [4.78, 5) is 0. The molecule has 10 heavy (non-hydrogen) atoms. The van der Waals surface area contributed by atoms with Gasteiger partial charge in [0.15, 0.2) is 0 Å². The van der Waals surface area contributed by atoms with Crippen LogP contribution in [0.5, 0.6) is 0 Å². The normalized spacial score (nSPS) is 12.9. The number of rotatable bonds is 2. The molecule has 1 rings (SSSR count). The number of hydrogen-bond donors (Lipinski definition) is 0. The fourth-order valence-corrected chi connectivity index (χ4v) is 2.15. The molecule has 0 aliphatic heterocycles. The Morgan fingerprint density at radius 3 is 2.40 bits per heavy atom. The van der Waals surface area contributed by atoms with E-state index in [4.69, 9.17) is 0 Å². The van der Waals surface area contributed by atoms with Gasteiger partial charge in [0, 0.05) is 0 Å². The van der Waals surface area contributed by atoms with E-state index in [1.54, 1.807) is 0 Å². The Labute approximate surface area is 65.2 Å². The molecule has 0 amide bonds. The van der Waals surface area contributed by atoms with Crippen molar-refractivity contribution in [3.63, 3.8) is 0 Å². The number of benzene rings is 1. The van der Waals surface area contributed by atoms with Gasteiger partial charge in [-0.05, 0) is 0 Å². The molecule has 0 saturated carbocycles. The van der Waals surface area contributed by atoms with Gasteiger partial charge in [0.25, 0.3) is 0 Å². The minimum atomic E-state index is -1.78. The second-order valence-corrected chi connectivity index (χ2v) is 5.16. The van der Waals surface area contributed by atoms with Crippen LogP contribution in [0.4, 0.5) is 0 Å². The van der Waals surface area contributed by atoms with Crippen molar-refractivity contribution in [2.45, 2.75) is 5.32 Å². The Morgan fingerprint density at radius 2 is 1.90 bits per heavy atom. The van der Waals surface area contributed by atoms with Gasteiger partial charge in [-0.15, -0.1) is 0 Å². The zero-order valence-electron chi connectivity index (χ0n) is 5.62. The van der Waals surface area contributed by atoms with Crippen LogP contribution in [0.15, 0.2) is 30.3 Å². The van der Waals surface area contributed by atoms with Crippen molar-refractivity contribution in [2.75, 3.05) is 0 Å². The summed E-state index contributed by atoms with van der Waals surface area (Å²) in [6.07, 6.45) is 0. The van der Waals surface area contributed by atoms with Crippen LogP contribution in [-0.4, -0.2) is 13.8 Å². The van der Waals surface area contributed by atoms with Crippen LogP contribution in [0.1, 0.15) is 0 Å². The van der Waals surface area contributed by atoms with Crippen LogP contribution in [0, 0.1) is 6.92 Å². The first kappa shape index (κ1) is 7.64. The third-order valence-corrected chi connectivity index (χ3v) is 3.64. The average molecular weight is 200 g/mol. The molecular weight excluding hydrogens is 191 g/mol. The van der Waals surface area contributed by atoms with Crippen molar-refractivity contribution in [1.82, 2.24) is 0 Å². The standard InChI is InChI=1S/C8H9OSe/c1-2-10(9)8-6-4-3-5-7-8/h3-7H,1-2H2. The molecule has 1 atom stereocenters. The van der Waals surface area contributed by atoms with Gasteiger partial charge in [-0.2, -0.15) is 0 Å². The molecule has 2 heteroatoms. The molecule has 0 bridgehead atoms. The van der Waals surface area contributed by atoms with E-state index in [0.717, 1.165) is 4.46 Å². The van der Waals surface area contributed by atoms with Gasteiger partial charge >= 0.3 is 64.7 Å². The summed E-state index contributed by atoms with van der Waals surface area (Å²) in [6, 6.07) is 9.51. The summed E-state index contributed by atoms with van der Waals surface area (Å²) in [5, 5.41) is 0.546. The first-order valence-electron chi connectivity index (χ1n) is 3.07. The fraction of sp³-hybridized carbons (Fsp3) is 0.125. The topological polar surface area (TPSA) is 17.1 Å². The zero-order chi connectivity index (χ0) is 7.40. The molecule has 0 heterocycles. The molecule has 1 unspecified atom stereocenters. The summed E-state index contributed by atoms with van der Waals surface area (Å²) >= 11 is -1.78. The molecule has 0 aromatic heterocycles. The molecule has 0 fully saturated rings. The average Bonchev–Trinajstić information content (AvgIpc) is 2.05. The number of hydrogen-bond acceptors (Lipinski definition) is 1. The second-order valence-electron chi connectivity index (χ2n) is 1.86. The molecule has 0 aliphatic rings. The maximum atomic E-state index is 11.2. The Balaban J connectivity index is 2.85. The minimum absolute atomic E-state index is 0.546. The molecule has 0 aliphatic carbocycles. The summed E-state index contributed by atoms with van der Waals surface area (Å²) in [6.45, 7) is 3.61. The predicted octanol–water partition coefficient (Wildman–Crippen LogP) is 1.15. The van der Waals surface area contributed by atoms with E-state index in [1.165, 1.54) is 0 Å². The van der Waals surface area contributed by atoms with Crippen LogP contribution in [0.2, 0.25) is 5.32 Å². The van der Waals surface area contributed by atoms with Gasteiger partial charge in [0.2, 0.25) is 0 Å². The van der Waals surface area contributed by atoms with Gasteiger partial charge in [0.1, 0.15) is 0 Å². The zero-order valence-corrected chi connectivity index (χ0v) is 7.33. The molecule has 1 nitrogen and oxygen atoms in total. The molecule has 0 spiro atoms. The van der Waals surface area contributed by atoms with E-state index in [2.05, 4.69) is 6.92 Å². The molecule has 53 valence electrons. The van der Waals surface area contributed by atoms with Crippen molar-refractivity contribution in [2.24, 2.45) is 0 Å². The van der Waals surface area contributed by atoms with Gasteiger partial charge in [-0.3, -0.25) is 0 Å². The van der Waals surface area contributed by atoms with Crippen LogP contribution in [-0.2, 0) is 3.83 Å². The monoisotopic (exact) mass is 201 g/mol. The van der Waals surface area contributed by atoms with E-state index in [1.807, 2.05) is 30.3 Å². The Bertz CT molecular complexity index is 218. The summed E-state index contributed by atoms with van der Waals surface area (Å²) < 4.78 is 12.1. The molecular formula is C8H9OSe. The van der Waals surface area contributed by atoms with E-state index >= 15 is 0 Å². The van der Waals surface area contributed by atoms with Crippen LogP contribution >= 0.6 is 0 Å². The summed E-state index contributed by atoms with van der Waals surface area (Å²) in [5.74, 6) is 0. The Kier molecular flexibility index (Phi) is 2.79. The van der Waals surface area contributed by atoms with E-state index < -0.39 is 13.8 Å². The van der Waals surface area contributed by atoms with E-state index in [0.29, 0.717) is 5.32 Å². The molecule has 1 radical (unpaired) electrons. The first-order chi connectivity index (χ1) is 4.84. The van der Waals surface area contributed by atoms with Gasteiger partial charge < -0.3 is 0 Å². The van der Waals surface area contributed by atoms with Gasteiger partial charge in [-0.1, -0.05) is 0 Å². The Hall–Kier alpha value is -0.461. The van der Waals surface area contributed by atoms with Gasteiger partial charge in [0.05, 0.1) is 0 Å². The molecule has 1 aromatic carbocycles. The Morgan fingerprint density at radius 1 is 1.30 bits per heavy atom. The van der Waals surface area contributed by atoms with Crippen LogP contribution in [0.3, 0.4) is 0 Å². The second kappa shape index (κ2) is 3.65. The SMILES string of the molecule is [CH2]C[Se](=O)c1ccccc1. The summed E-state index contributed by atoms with van der Waals surface area (Å²) in [7, 11) is 0. The maximum absolute atomic E-state index is 11.2. The van der Waals surface area contributed by atoms with E-state index in [9.17, 15) is 3.83 Å². The van der Waals surface area contributed by atoms with Crippen LogP contribution < -0.4 is 4.46 Å². The summed E-state index contributed by atoms with van der Waals surface area (Å²) in [5.41, 5.74) is 0. The van der Waals surface area contributed by atoms with Gasteiger partial charge in [-0.25, -0.2) is 0 Å². The van der Waals surface area contributed by atoms with E-state index in [-0.39, 0.29) is 0 Å². The van der Waals surface area contributed by atoms with Crippen molar-refractivity contribution in [3.05, 3.63) is 37.3 Å². The predicted molar refractivity (Wildman–Crippen MR) is 42.7 cm³/mol. The fourth-order valence-electron chi connectivity index (χ4n) is 0.690. The van der Waals surface area contributed by atoms with Crippen LogP contribution in [0.25, 0.3) is 0 Å². The quantitative estimate of drug-likeness (QED) is 0.654. The molecule has 0 saturated heterocycles. The third kappa shape index (κ3) is 1.76. The molecule has 1 aromatic rings. The van der Waals surface area contributed by atoms with Crippen molar-refractivity contribution in [1.29, 1.82) is 0 Å². The van der Waals surface area contributed by atoms with Crippen molar-refractivity contribution < 1.29 is 3.83 Å². The first-order valence-corrected chi connectivity index (χ1v) is 5.84.